The normalized spacial score (nSPS) is 11.7. The summed E-state index contributed by atoms with van der Waals surface area (Å²) in [5.41, 5.74) is 1.15. The molecule has 1 rings (SSSR count). The lowest BCUT2D eigenvalue weighted by molar-refractivity contribution is -0.120. The lowest BCUT2D eigenvalue weighted by Crippen LogP contribution is -2.39. The molecular formula is C11H16F3N3. The van der Waals surface area contributed by atoms with Crippen molar-refractivity contribution in [1.29, 1.82) is 0 Å². The molecule has 1 N–H and O–H groups in total. The van der Waals surface area contributed by atoms with Crippen molar-refractivity contribution in [1.82, 2.24) is 4.98 Å². The van der Waals surface area contributed by atoms with Crippen LogP contribution in [-0.4, -0.2) is 30.8 Å². The van der Waals surface area contributed by atoms with Gasteiger partial charge in [0.2, 0.25) is 0 Å². The van der Waals surface area contributed by atoms with Crippen LogP contribution in [0, 0.1) is 0 Å². The van der Waals surface area contributed by atoms with Gasteiger partial charge in [-0.1, -0.05) is 0 Å². The second kappa shape index (κ2) is 5.25. The summed E-state index contributed by atoms with van der Waals surface area (Å²) in [6, 6.07) is 1.41. The lowest BCUT2D eigenvalue weighted by Gasteiger charge is -2.29. The predicted octanol–water partition coefficient (Wildman–Crippen LogP) is 2.90. The molecule has 0 radical (unpaired) electrons. The number of rotatable bonds is 4. The lowest BCUT2D eigenvalue weighted by atomic mass is 10.2. The van der Waals surface area contributed by atoms with E-state index < -0.39 is 12.7 Å². The van der Waals surface area contributed by atoms with Crippen molar-refractivity contribution in [3.05, 3.63) is 18.5 Å². The van der Waals surface area contributed by atoms with E-state index in [-0.39, 0.29) is 6.04 Å². The summed E-state index contributed by atoms with van der Waals surface area (Å²) in [7, 11) is 1.70. The molecule has 3 nitrogen and oxygen atoms in total. The Morgan fingerprint density at radius 1 is 1.35 bits per heavy atom. The third-order valence-corrected chi connectivity index (χ3v) is 2.32. The zero-order valence-electron chi connectivity index (χ0n) is 10.0. The predicted molar refractivity (Wildman–Crippen MR) is 62.3 cm³/mol. The standard InChI is InChI=1S/C11H16F3N3/c1-8(2)17(7-11(12,13)14)10-4-9(15-3)5-16-6-10/h4-6,8,15H,7H2,1-3H3. The molecule has 96 valence electrons. The van der Waals surface area contributed by atoms with Crippen molar-refractivity contribution in [2.24, 2.45) is 0 Å². The van der Waals surface area contributed by atoms with E-state index in [0.717, 1.165) is 0 Å². The van der Waals surface area contributed by atoms with Crippen LogP contribution in [0.25, 0.3) is 0 Å². The maximum atomic E-state index is 12.5. The maximum absolute atomic E-state index is 12.5. The van der Waals surface area contributed by atoms with Crippen LogP contribution >= 0.6 is 0 Å². The van der Waals surface area contributed by atoms with Crippen LogP contribution in [0.15, 0.2) is 18.5 Å². The first-order valence-corrected chi connectivity index (χ1v) is 5.29. The Balaban J connectivity index is 2.97. The Kier molecular flexibility index (Phi) is 4.20. The van der Waals surface area contributed by atoms with Gasteiger partial charge in [0.25, 0.3) is 0 Å². The Hall–Kier alpha value is -1.46. The van der Waals surface area contributed by atoms with Crippen LogP contribution < -0.4 is 10.2 Å². The van der Waals surface area contributed by atoms with Crippen LogP contribution in [0.2, 0.25) is 0 Å². The topological polar surface area (TPSA) is 28.2 Å². The molecule has 0 aliphatic carbocycles. The Morgan fingerprint density at radius 3 is 2.47 bits per heavy atom. The van der Waals surface area contributed by atoms with Gasteiger partial charge in [-0.2, -0.15) is 13.2 Å². The van der Waals surface area contributed by atoms with Gasteiger partial charge in [0.15, 0.2) is 0 Å². The number of pyridine rings is 1. The molecule has 6 heteroatoms. The number of hydrogen-bond donors (Lipinski definition) is 1. The Bertz CT molecular complexity index is 363. The van der Waals surface area contributed by atoms with Gasteiger partial charge in [0.05, 0.1) is 23.8 Å². The molecule has 1 aromatic heterocycles. The number of nitrogens with one attached hydrogen (secondary N) is 1. The molecule has 1 heterocycles. The molecule has 0 aliphatic heterocycles. The second-order valence-electron chi connectivity index (χ2n) is 4.02. The first-order valence-electron chi connectivity index (χ1n) is 5.29. The fraction of sp³-hybridized carbons (Fsp3) is 0.545. The molecule has 0 aromatic carbocycles. The van der Waals surface area contributed by atoms with Crippen LogP contribution in [0.1, 0.15) is 13.8 Å². The van der Waals surface area contributed by atoms with Crippen molar-refractivity contribution >= 4 is 11.4 Å². The van der Waals surface area contributed by atoms with E-state index in [2.05, 4.69) is 10.3 Å². The van der Waals surface area contributed by atoms with Crippen molar-refractivity contribution in [3.63, 3.8) is 0 Å². The largest absolute Gasteiger partial charge is 0.405 e. The number of alkyl halides is 3. The van der Waals surface area contributed by atoms with Crippen molar-refractivity contribution in [3.8, 4) is 0 Å². The highest BCUT2D eigenvalue weighted by Crippen LogP contribution is 2.25. The molecule has 0 fully saturated rings. The van der Waals surface area contributed by atoms with Gasteiger partial charge in [-0.15, -0.1) is 0 Å². The minimum atomic E-state index is -4.22. The number of nitrogens with zero attached hydrogens (tertiary/aromatic N) is 2. The highest BCUT2D eigenvalue weighted by molar-refractivity contribution is 5.55. The smallest absolute Gasteiger partial charge is 0.387 e. The molecule has 1 aromatic rings. The molecule has 0 saturated carbocycles. The van der Waals surface area contributed by atoms with Gasteiger partial charge >= 0.3 is 6.18 Å². The van der Waals surface area contributed by atoms with Gasteiger partial charge < -0.3 is 10.2 Å². The van der Waals surface area contributed by atoms with E-state index in [4.69, 9.17) is 0 Å². The number of anilines is 2. The molecule has 0 spiro atoms. The average molecular weight is 247 g/mol. The number of halogens is 3. The van der Waals surface area contributed by atoms with E-state index in [1.807, 2.05) is 0 Å². The summed E-state index contributed by atoms with van der Waals surface area (Å²) in [4.78, 5) is 5.19. The van der Waals surface area contributed by atoms with E-state index in [0.29, 0.717) is 11.4 Å². The monoisotopic (exact) mass is 247 g/mol. The van der Waals surface area contributed by atoms with Crippen LogP contribution in [0.3, 0.4) is 0 Å². The molecule has 0 amide bonds. The first-order chi connectivity index (χ1) is 7.83. The Morgan fingerprint density at radius 2 is 2.00 bits per heavy atom. The van der Waals surface area contributed by atoms with Gasteiger partial charge in [0.1, 0.15) is 6.54 Å². The number of aromatic nitrogens is 1. The average Bonchev–Trinajstić information content (AvgIpc) is 2.24. The molecule has 0 atom stereocenters. The summed E-state index contributed by atoms with van der Waals surface area (Å²) in [5, 5.41) is 2.85. The minimum absolute atomic E-state index is 0.245. The zero-order chi connectivity index (χ0) is 13.1. The SMILES string of the molecule is CNc1cncc(N(CC(F)(F)F)C(C)C)c1. The molecule has 0 bridgehead atoms. The summed E-state index contributed by atoms with van der Waals surface area (Å²) >= 11 is 0. The van der Waals surface area contributed by atoms with Gasteiger partial charge in [-0.25, -0.2) is 0 Å². The number of hydrogen-bond acceptors (Lipinski definition) is 3. The molecule has 0 saturated heterocycles. The van der Waals surface area contributed by atoms with Crippen molar-refractivity contribution < 1.29 is 13.2 Å². The van der Waals surface area contributed by atoms with Crippen LogP contribution in [0.4, 0.5) is 24.5 Å². The summed E-state index contributed by atoms with van der Waals surface area (Å²) in [6.45, 7) is 2.47. The molecule has 0 aliphatic rings. The zero-order valence-corrected chi connectivity index (χ0v) is 10.0. The van der Waals surface area contributed by atoms with Crippen LogP contribution in [-0.2, 0) is 0 Å². The van der Waals surface area contributed by atoms with Crippen LogP contribution in [0.5, 0.6) is 0 Å². The summed E-state index contributed by atoms with van der Waals surface area (Å²) in [5.74, 6) is 0. The van der Waals surface area contributed by atoms with Gasteiger partial charge in [-0.3, -0.25) is 4.98 Å². The van der Waals surface area contributed by atoms with Crippen molar-refractivity contribution in [2.75, 3.05) is 23.8 Å². The van der Waals surface area contributed by atoms with Crippen molar-refractivity contribution in [2.45, 2.75) is 26.1 Å². The Labute approximate surface area is 98.6 Å². The minimum Gasteiger partial charge on any atom is -0.387 e. The van der Waals surface area contributed by atoms with Gasteiger partial charge in [0, 0.05) is 13.1 Å². The van der Waals surface area contributed by atoms with E-state index >= 15 is 0 Å². The fourth-order valence-electron chi connectivity index (χ4n) is 1.49. The highest BCUT2D eigenvalue weighted by atomic mass is 19.4. The fourth-order valence-corrected chi connectivity index (χ4v) is 1.49. The summed E-state index contributed by atoms with van der Waals surface area (Å²) in [6.07, 6.45) is -1.22. The second-order valence-corrected chi connectivity index (χ2v) is 4.02. The highest BCUT2D eigenvalue weighted by Gasteiger charge is 2.32. The van der Waals surface area contributed by atoms with E-state index in [9.17, 15) is 13.2 Å². The summed E-state index contributed by atoms with van der Waals surface area (Å²) < 4.78 is 37.4. The van der Waals surface area contributed by atoms with Gasteiger partial charge in [-0.05, 0) is 19.9 Å². The van der Waals surface area contributed by atoms with E-state index in [1.165, 1.54) is 11.1 Å². The molecule has 17 heavy (non-hydrogen) atoms. The quantitative estimate of drug-likeness (QED) is 0.886. The maximum Gasteiger partial charge on any atom is 0.405 e. The third kappa shape index (κ3) is 4.13. The van der Waals surface area contributed by atoms with E-state index in [1.54, 1.807) is 33.2 Å². The molecule has 0 unspecified atom stereocenters. The molecular weight excluding hydrogens is 231 g/mol. The first kappa shape index (κ1) is 13.6. The third-order valence-electron chi connectivity index (χ3n) is 2.32.